The Labute approximate surface area is 130 Å². The Bertz CT molecular complexity index is 435. The number of hydrogen-bond acceptors (Lipinski definition) is 4. The fourth-order valence-corrected chi connectivity index (χ4v) is 2.59. The van der Waals surface area contributed by atoms with Crippen molar-refractivity contribution in [2.24, 2.45) is 0 Å². The number of nitrogens with zero attached hydrogens (tertiary/aromatic N) is 2. The van der Waals surface area contributed by atoms with Crippen LogP contribution in [0, 0.1) is 0 Å². The van der Waals surface area contributed by atoms with E-state index in [1.165, 1.54) is 18.4 Å². The van der Waals surface area contributed by atoms with Gasteiger partial charge in [0, 0.05) is 48.5 Å². The van der Waals surface area contributed by atoms with Crippen molar-refractivity contribution in [1.82, 2.24) is 10.3 Å². The summed E-state index contributed by atoms with van der Waals surface area (Å²) in [5.41, 5.74) is 1.25. The summed E-state index contributed by atoms with van der Waals surface area (Å²) in [5.74, 6) is 1.10. The molecule has 0 spiro atoms. The first-order valence-corrected chi connectivity index (χ1v) is 8.04. The van der Waals surface area contributed by atoms with Gasteiger partial charge in [-0.1, -0.05) is 13.8 Å². The molecule has 0 atom stereocenters. The van der Waals surface area contributed by atoms with E-state index in [9.17, 15) is 0 Å². The van der Waals surface area contributed by atoms with E-state index in [4.69, 9.17) is 4.74 Å². The van der Waals surface area contributed by atoms with Crippen LogP contribution in [-0.2, 0) is 11.3 Å². The maximum atomic E-state index is 5.24. The summed E-state index contributed by atoms with van der Waals surface area (Å²) in [4.78, 5) is 7.05. The standard InChI is InChI=1S/C15H24BrN3O/c1-11(2)17-9-12-8-13(16)10-18-15(12)19(6-7-20-3)14-4-5-14/h8,10-11,14,17H,4-7,9H2,1-3H3. The second-order valence-electron chi connectivity index (χ2n) is 5.59. The molecule has 1 heterocycles. The van der Waals surface area contributed by atoms with Crippen molar-refractivity contribution in [2.75, 3.05) is 25.2 Å². The van der Waals surface area contributed by atoms with Gasteiger partial charge in [0.2, 0.25) is 0 Å². The van der Waals surface area contributed by atoms with Crippen LogP contribution < -0.4 is 10.2 Å². The largest absolute Gasteiger partial charge is 0.383 e. The summed E-state index contributed by atoms with van der Waals surface area (Å²) < 4.78 is 6.27. The first-order valence-electron chi connectivity index (χ1n) is 7.25. The van der Waals surface area contributed by atoms with Gasteiger partial charge in [-0.3, -0.25) is 0 Å². The zero-order valence-corrected chi connectivity index (χ0v) is 14.1. The third kappa shape index (κ3) is 4.43. The molecule has 112 valence electrons. The summed E-state index contributed by atoms with van der Waals surface area (Å²) in [7, 11) is 1.75. The van der Waals surface area contributed by atoms with Gasteiger partial charge in [-0.2, -0.15) is 0 Å². The third-order valence-corrected chi connectivity index (χ3v) is 3.84. The molecule has 0 saturated heterocycles. The lowest BCUT2D eigenvalue weighted by molar-refractivity contribution is 0.204. The minimum Gasteiger partial charge on any atom is -0.383 e. The van der Waals surface area contributed by atoms with Crippen molar-refractivity contribution in [3.63, 3.8) is 0 Å². The molecule has 1 aromatic rings. The average Bonchev–Trinajstić information content (AvgIpc) is 3.23. The lowest BCUT2D eigenvalue weighted by Crippen LogP contribution is -2.32. The Kier molecular flexibility index (Phi) is 5.81. The molecule has 0 amide bonds. The van der Waals surface area contributed by atoms with Crippen molar-refractivity contribution in [3.05, 3.63) is 22.3 Å². The van der Waals surface area contributed by atoms with Crippen LogP contribution in [-0.4, -0.2) is 37.3 Å². The number of ether oxygens (including phenoxy) is 1. The zero-order valence-electron chi connectivity index (χ0n) is 12.5. The fraction of sp³-hybridized carbons (Fsp3) is 0.667. The monoisotopic (exact) mass is 341 g/mol. The first kappa shape index (κ1) is 15.7. The van der Waals surface area contributed by atoms with Gasteiger partial charge in [0.1, 0.15) is 5.82 Å². The van der Waals surface area contributed by atoms with Crippen molar-refractivity contribution in [2.45, 2.75) is 45.3 Å². The molecule has 2 rings (SSSR count). The highest BCUT2D eigenvalue weighted by Crippen LogP contribution is 2.33. The van der Waals surface area contributed by atoms with Gasteiger partial charge in [-0.25, -0.2) is 4.98 Å². The van der Waals surface area contributed by atoms with Crippen LogP contribution in [0.4, 0.5) is 5.82 Å². The van der Waals surface area contributed by atoms with Gasteiger partial charge >= 0.3 is 0 Å². The summed E-state index contributed by atoms with van der Waals surface area (Å²) in [6.45, 7) is 6.81. The molecule has 0 unspecified atom stereocenters. The number of rotatable bonds is 8. The summed E-state index contributed by atoms with van der Waals surface area (Å²) in [6, 6.07) is 3.27. The van der Waals surface area contributed by atoms with Gasteiger partial charge in [-0.05, 0) is 34.8 Å². The number of aromatic nitrogens is 1. The number of nitrogens with one attached hydrogen (secondary N) is 1. The maximum Gasteiger partial charge on any atom is 0.133 e. The summed E-state index contributed by atoms with van der Waals surface area (Å²) in [6.07, 6.45) is 4.41. The van der Waals surface area contributed by atoms with Crippen molar-refractivity contribution >= 4 is 21.7 Å². The molecular formula is C15H24BrN3O. The molecule has 0 aromatic carbocycles. The SMILES string of the molecule is COCCN(c1ncc(Br)cc1CNC(C)C)C1CC1. The predicted octanol–water partition coefficient (Wildman–Crippen LogP) is 2.96. The Hall–Kier alpha value is -0.650. The van der Waals surface area contributed by atoms with Crippen LogP contribution >= 0.6 is 15.9 Å². The third-order valence-electron chi connectivity index (χ3n) is 3.41. The molecule has 1 aliphatic carbocycles. The molecule has 0 radical (unpaired) electrons. The Morgan fingerprint density at radius 1 is 1.50 bits per heavy atom. The maximum absolute atomic E-state index is 5.24. The lowest BCUT2D eigenvalue weighted by atomic mass is 10.2. The highest BCUT2D eigenvalue weighted by Gasteiger charge is 2.31. The first-order chi connectivity index (χ1) is 9.61. The second-order valence-corrected chi connectivity index (χ2v) is 6.50. The minimum absolute atomic E-state index is 0.468. The smallest absolute Gasteiger partial charge is 0.133 e. The molecule has 20 heavy (non-hydrogen) atoms. The molecule has 0 bridgehead atoms. The number of halogens is 1. The van der Waals surface area contributed by atoms with Crippen LogP contribution in [0.25, 0.3) is 0 Å². The molecule has 4 nitrogen and oxygen atoms in total. The second kappa shape index (κ2) is 7.38. The molecule has 1 fully saturated rings. The number of methoxy groups -OCH3 is 1. The van der Waals surface area contributed by atoms with E-state index in [1.54, 1.807) is 7.11 Å². The molecule has 0 aliphatic heterocycles. The number of anilines is 1. The normalized spacial score (nSPS) is 14.8. The van der Waals surface area contributed by atoms with Crippen LogP contribution in [0.15, 0.2) is 16.7 Å². The van der Waals surface area contributed by atoms with Gasteiger partial charge < -0.3 is 15.0 Å². The molecule has 1 saturated carbocycles. The van der Waals surface area contributed by atoms with E-state index < -0.39 is 0 Å². The van der Waals surface area contributed by atoms with E-state index in [2.05, 4.69) is 51.0 Å². The summed E-state index contributed by atoms with van der Waals surface area (Å²) >= 11 is 3.52. The van der Waals surface area contributed by atoms with E-state index in [0.29, 0.717) is 12.1 Å². The van der Waals surface area contributed by atoms with E-state index in [0.717, 1.165) is 30.0 Å². The van der Waals surface area contributed by atoms with Crippen LogP contribution in [0.3, 0.4) is 0 Å². The Morgan fingerprint density at radius 2 is 2.25 bits per heavy atom. The van der Waals surface area contributed by atoms with Gasteiger partial charge in [0.05, 0.1) is 6.61 Å². The fourth-order valence-electron chi connectivity index (χ4n) is 2.21. The molecule has 1 aromatic heterocycles. The molecule has 1 aliphatic rings. The van der Waals surface area contributed by atoms with E-state index in [1.807, 2.05) is 6.20 Å². The number of pyridine rings is 1. The van der Waals surface area contributed by atoms with Crippen molar-refractivity contribution in [1.29, 1.82) is 0 Å². The van der Waals surface area contributed by atoms with Crippen LogP contribution in [0.5, 0.6) is 0 Å². The van der Waals surface area contributed by atoms with Gasteiger partial charge in [0.25, 0.3) is 0 Å². The highest BCUT2D eigenvalue weighted by atomic mass is 79.9. The van der Waals surface area contributed by atoms with E-state index in [-0.39, 0.29) is 0 Å². The van der Waals surface area contributed by atoms with Crippen LogP contribution in [0.2, 0.25) is 0 Å². The summed E-state index contributed by atoms with van der Waals surface area (Å²) in [5, 5.41) is 3.48. The van der Waals surface area contributed by atoms with Gasteiger partial charge in [0.15, 0.2) is 0 Å². The quantitative estimate of drug-likeness (QED) is 0.788. The molecular weight excluding hydrogens is 318 g/mol. The molecule has 1 N–H and O–H groups in total. The highest BCUT2D eigenvalue weighted by molar-refractivity contribution is 9.10. The van der Waals surface area contributed by atoms with Crippen molar-refractivity contribution in [3.8, 4) is 0 Å². The average molecular weight is 342 g/mol. The lowest BCUT2D eigenvalue weighted by Gasteiger charge is -2.26. The Balaban J connectivity index is 2.18. The van der Waals surface area contributed by atoms with Gasteiger partial charge in [-0.15, -0.1) is 0 Å². The predicted molar refractivity (Wildman–Crippen MR) is 86.2 cm³/mol. The number of hydrogen-bond donors (Lipinski definition) is 1. The van der Waals surface area contributed by atoms with Crippen molar-refractivity contribution < 1.29 is 4.74 Å². The topological polar surface area (TPSA) is 37.4 Å². The molecule has 5 heteroatoms. The van der Waals surface area contributed by atoms with E-state index >= 15 is 0 Å². The zero-order chi connectivity index (χ0) is 14.5. The Morgan fingerprint density at radius 3 is 2.85 bits per heavy atom. The minimum atomic E-state index is 0.468. The van der Waals surface area contributed by atoms with Crippen LogP contribution in [0.1, 0.15) is 32.3 Å².